The van der Waals surface area contributed by atoms with Crippen LogP contribution in [0.4, 0.5) is 0 Å². The van der Waals surface area contributed by atoms with Crippen molar-refractivity contribution in [2.75, 3.05) is 0 Å². The maximum atomic E-state index is 5.10. The van der Waals surface area contributed by atoms with Crippen LogP contribution in [0.1, 0.15) is 11.1 Å². The van der Waals surface area contributed by atoms with Gasteiger partial charge in [0.1, 0.15) is 0 Å². The van der Waals surface area contributed by atoms with Crippen LogP contribution in [0.15, 0.2) is 29.1 Å². The Labute approximate surface area is 64.6 Å². The van der Waals surface area contributed by atoms with Crippen LogP contribution < -0.4 is 0 Å². The molecule has 3 rings (SSSR count). The highest BCUT2D eigenvalue weighted by molar-refractivity contribution is 5.83. The summed E-state index contributed by atoms with van der Waals surface area (Å²) in [4.78, 5) is 0. The number of hydrogen-bond donors (Lipinski definition) is 0. The Balaban J connectivity index is 2.47. The van der Waals surface area contributed by atoms with Gasteiger partial charge in [-0.2, -0.15) is 0 Å². The topological polar surface area (TPSA) is 13.1 Å². The van der Waals surface area contributed by atoms with E-state index in [9.17, 15) is 0 Å². The lowest BCUT2D eigenvalue weighted by Crippen LogP contribution is -2.06. The zero-order chi connectivity index (χ0) is 7.26. The monoisotopic (exact) mass is 144 g/mol. The van der Waals surface area contributed by atoms with E-state index in [0.29, 0.717) is 0 Å². The molecule has 54 valence electrons. The third-order valence-electron chi connectivity index (χ3n) is 2.46. The fourth-order valence-electron chi connectivity index (χ4n) is 1.67. The average molecular weight is 144 g/mol. The molecule has 1 aliphatic rings. The second-order valence-electron chi connectivity index (χ2n) is 3.12. The van der Waals surface area contributed by atoms with Crippen molar-refractivity contribution in [1.29, 1.82) is 0 Å². The van der Waals surface area contributed by atoms with Gasteiger partial charge in [-0.05, 0) is 36.1 Å². The summed E-state index contributed by atoms with van der Waals surface area (Å²) >= 11 is 0. The van der Waals surface area contributed by atoms with Gasteiger partial charge in [0.2, 0.25) is 0 Å². The zero-order valence-corrected chi connectivity index (χ0v) is 6.13. The van der Waals surface area contributed by atoms with E-state index in [1.54, 1.807) is 0 Å². The number of furan rings is 1. The molecule has 0 saturated heterocycles. The van der Waals surface area contributed by atoms with Gasteiger partial charge in [0.15, 0.2) is 0 Å². The molecular weight excluding hydrogens is 136 g/mol. The van der Waals surface area contributed by atoms with Crippen LogP contribution in [-0.2, 0) is 12.8 Å². The first-order chi connectivity index (χ1) is 5.43. The summed E-state index contributed by atoms with van der Waals surface area (Å²) in [6.07, 6.45) is 6.12. The normalized spacial score (nSPS) is 14.5. The molecule has 0 unspecified atom stereocenters. The van der Waals surface area contributed by atoms with E-state index in [0.717, 1.165) is 0 Å². The van der Waals surface area contributed by atoms with Crippen LogP contribution in [0.5, 0.6) is 0 Å². The minimum atomic E-state index is 1.24. The van der Waals surface area contributed by atoms with E-state index in [4.69, 9.17) is 4.42 Å². The Bertz CT molecular complexity index is 374. The minimum absolute atomic E-state index is 1.24. The van der Waals surface area contributed by atoms with Gasteiger partial charge in [-0.1, -0.05) is 0 Å². The summed E-state index contributed by atoms with van der Waals surface area (Å²) in [5.74, 6) is 0. The highest BCUT2D eigenvalue weighted by Crippen LogP contribution is 2.28. The molecule has 0 saturated carbocycles. The molecule has 0 amide bonds. The molecule has 1 heteroatoms. The number of fused-ring (bicyclic) bond motifs is 2. The molecular formula is C10H8O. The second-order valence-corrected chi connectivity index (χ2v) is 3.12. The Morgan fingerprint density at radius 1 is 0.909 bits per heavy atom. The molecule has 2 aromatic rings. The van der Waals surface area contributed by atoms with Crippen LogP contribution in [0.2, 0.25) is 0 Å². The maximum absolute atomic E-state index is 5.10. The van der Waals surface area contributed by atoms with Gasteiger partial charge >= 0.3 is 0 Å². The Morgan fingerprint density at radius 3 is 1.91 bits per heavy atom. The molecule has 0 spiro atoms. The summed E-state index contributed by atoms with van der Waals surface area (Å²) in [5, 5.41) is 2.48. The van der Waals surface area contributed by atoms with Crippen LogP contribution in [-0.4, -0.2) is 0 Å². The Kier molecular flexibility index (Phi) is 0.823. The lowest BCUT2D eigenvalue weighted by Gasteiger charge is -2.17. The van der Waals surface area contributed by atoms with Gasteiger partial charge in [-0.15, -0.1) is 0 Å². The summed E-state index contributed by atoms with van der Waals surface area (Å²) < 4.78 is 5.10. The molecule has 0 N–H and O–H groups in total. The van der Waals surface area contributed by atoms with E-state index in [1.165, 1.54) is 34.7 Å². The predicted octanol–water partition coefficient (Wildman–Crippen LogP) is 2.53. The molecule has 1 nitrogen and oxygen atoms in total. The molecule has 0 radical (unpaired) electrons. The second kappa shape index (κ2) is 1.67. The molecule has 1 aliphatic carbocycles. The highest BCUT2D eigenvalue weighted by Gasteiger charge is 2.13. The van der Waals surface area contributed by atoms with Crippen molar-refractivity contribution in [3.8, 4) is 0 Å². The Hall–Kier alpha value is -1.24. The van der Waals surface area contributed by atoms with Crippen LogP contribution in [0, 0.1) is 0 Å². The Morgan fingerprint density at radius 2 is 1.45 bits per heavy atom. The van der Waals surface area contributed by atoms with E-state index in [1.807, 2.05) is 12.5 Å². The quantitative estimate of drug-likeness (QED) is 0.553. The van der Waals surface area contributed by atoms with E-state index >= 15 is 0 Å². The van der Waals surface area contributed by atoms with Crippen molar-refractivity contribution in [1.82, 2.24) is 0 Å². The lowest BCUT2D eigenvalue weighted by atomic mass is 9.87. The van der Waals surface area contributed by atoms with Gasteiger partial charge in [-0.3, -0.25) is 0 Å². The fourth-order valence-corrected chi connectivity index (χ4v) is 1.67. The van der Waals surface area contributed by atoms with Gasteiger partial charge in [0.05, 0.1) is 12.5 Å². The lowest BCUT2D eigenvalue weighted by molar-refractivity contribution is 0.572. The molecule has 0 bridgehead atoms. The fraction of sp³-hybridized carbons (Fsp3) is 0.200. The molecule has 0 fully saturated rings. The van der Waals surface area contributed by atoms with Crippen LogP contribution in [0.25, 0.3) is 10.8 Å². The molecule has 1 aromatic carbocycles. The zero-order valence-electron chi connectivity index (χ0n) is 6.13. The third-order valence-corrected chi connectivity index (χ3v) is 2.46. The first-order valence-corrected chi connectivity index (χ1v) is 3.91. The molecule has 0 aliphatic heterocycles. The van der Waals surface area contributed by atoms with Crippen molar-refractivity contribution in [2.45, 2.75) is 12.8 Å². The number of rotatable bonds is 0. The summed E-state index contributed by atoms with van der Waals surface area (Å²) in [6, 6.07) is 4.47. The first-order valence-electron chi connectivity index (χ1n) is 3.91. The summed E-state index contributed by atoms with van der Waals surface area (Å²) in [7, 11) is 0. The van der Waals surface area contributed by atoms with E-state index in [2.05, 4.69) is 12.1 Å². The number of benzene rings is 1. The smallest absolute Gasteiger partial charge is 0.0981 e. The van der Waals surface area contributed by atoms with Gasteiger partial charge < -0.3 is 4.42 Å². The van der Waals surface area contributed by atoms with Crippen molar-refractivity contribution in [3.63, 3.8) is 0 Å². The average Bonchev–Trinajstić information content (AvgIpc) is 2.40. The standard InChI is InChI=1S/C10H8O/c1-2-8-4-10-6-11-5-9(10)3-7(1)8/h3-6H,1-2H2. The first kappa shape index (κ1) is 5.42. The maximum Gasteiger partial charge on any atom is 0.0981 e. The summed E-state index contributed by atoms with van der Waals surface area (Å²) in [5.41, 5.74) is 3.00. The molecule has 0 atom stereocenters. The third kappa shape index (κ3) is 0.603. The number of hydrogen-bond acceptors (Lipinski definition) is 1. The van der Waals surface area contributed by atoms with Crippen molar-refractivity contribution in [3.05, 3.63) is 35.8 Å². The van der Waals surface area contributed by atoms with E-state index in [-0.39, 0.29) is 0 Å². The molecule has 1 heterocycles. The van der Waals surface area contributed by atoms with Crippen molar-refractivity contribution >= 4 is 10.8 Å². The largest absolute Gasteiger partial charge is 0.471 e. The summed E-state index contributed by atoms with van der Waals surface area (Å²) in [6.45, 7) is 0. The van der Waals surface area contributed by atoms with E-state index < -0.39 is 0 Å². The SMILES string of the molecule is c1occ2cc3c(cc12)CC3. The number of aryl methyl sites for hydroxylation is 2. The van der Waals surface area contributed by atoms with Crippen molar-refractivity contribution < 1.29 is 4.42 Å². The minimum Gasteiger partial charge on any atom is -0.471 e. The van der Waals surface area contributed by atoms with Gasteiger partial charge in [0.25, 0.3) is 0 Å². The van der Waals surface area contributed by atoms with Gasteiger partial charge in [0, 0.05) is 10.8 Å². The highest BCUT2D eigenvalue weighted by atomic mass is 16.3. The van der Waals surface area contributed by atoms with Crippen LogP contribution in [0.3, 0.4) is 0 Å². The van der Waals surface area contributed by atoms with Gasteiger partial charge in [-0.25, -0.2) is 0 Å². The molecule has 11 heavy (non-hydrogen) atoms. The van der Waals surface area contributed by atoms with Crippen molar-refractivity contribution in [2.24, 2.45) is 0 Å². The molecule has 1 aromatic heterocycles. The van der Waals surface area contributed by atoms with Crippen LogP contribution >= 0.6 is 0 Å². The predicted molar refractivity (Wildman–Crippen MR) is 43.6 cm³/mol.